The highest BCUT2D eigenvalue weighted by atomic mass is 32.2. The second-order valence-corrected chi connectivity index (χ2v) is 10.8. The molecule has 0 unspecified atom stereocenters. The molecule has 182 valence electrons. The number of amides is 1. The standard InChI is InChI=1S/C23H18N6O4S3/c30-20(25-16-8-10-18(11-9-16)36(31,32)28-22-24-12-14-34-22)15-35-23-27-26-21(19-7-4-13-33-19)29(23)17-5-2-1-3-6-17/h1-14H,15H2,(H,24,28)(H,25,30). The van der Waals surface area contributed by atoms with Crippen molar-refractivity contribution in [3.05, 3.63) is 84.6 Å². The number of carbonyl (C=O) groups excluding carboxylic acids is 1. The zero-order valence-corrected chi connectivity index (χ0v) is 20.9. The monoisotopic (exact) mass is 538 g/mol. The number of para-hydroxylation sites is 1. The van der Waals surface area contributed by atoms with Crippen molar-refractivity contribution in [2.75, 3.05) is 15.8 Å². The van der Waals surface area contributed by atoms with Crippen LogP contribution in [0.25, 0.3) is 17.3 Å². The second kappa shape index (κ2) is 10.4. The molecule has 0 saturated heterocycles. The molecular weight excluding hydrogens is 520 g/mol. The lowest BCUT2D eigenvalue weighted by Crippen LogP contribution is -2.15. The number of rotatable bonds is 9. The smallest absolute Gasteiger partial charge is 0.263 e. The van der Waals surface area contributed by atoms with E-state index in [4.69, 9.17) is 4.42 Å². The van der Waals surface area contributed by atoms with E-state index in [0.29, 0.717) is 22.4 Å². The molecule has 5 rings (SSSR count). The highest BCUT2D eigenvalue weighted by Gasteiger charge is 2.19. The first-order chi connectivity index (χ1) is 17.5. The molecule has 2 aromatic carbocycles. The quantitative estimate of drug-likeness (QED) is 0.262. The third kappa shape index (κ3) is 5.32. The van der Waals surface area contributed by atoms with Crippen LogP contribution in [0.4, 0.5) is 10.8 Å². The summed E-state index contributed by atoms with van der Waals surface area (Å²) in [5.74, 6) is 0.868. The molecule has 0 saturated carbocycles. The molecule has 0 fully saturated rings. The summed E-state index contributed by atoms with van der Waals surface area (Å²) in [6, 6.07) is 19.0. The molecule has 0 radical (unpaired) electrons. The number of hydrogen-bond donors (Lipinski definition) is 2. The van der Waals surface area contributed by atoms with Gasteiger partial charge in [-0.05, 0) is 48.5 Å². The number of nitrogens with one attached hydrogen (secondary N) is 2. The fourth-order valence-corrected chi connectivity index (χ4v) is 5.77. The van der Waals surface area contributed by atoms with E-state index in [-0.39, 0.29) is 21.7 Å². The van der Waals surface area contributed by atoms with Crippen LogP contribution >= 0.6 is 23.1 Å². The number of anilines is 2. The summed E-state index contributed by atoms with van der Waals surface area (Å²) in [7, 11) is -3.77. The van der Waals surface area contributed by atoms with Crippen molar-refractivity contribution in [1.29, 1.82) is 0 Å². The molecule has 10 nitrogen and oxygen atoms in total. The molecule has 0 aliphatic rings. The zero-order chi connectivity index (χ0) is 25.0. The molecule has 2 N–H and O–H groups in total. The maximum absolute atomic E-state index is 12.6. The Balaban J connectivity index is 1.26. The van der Waals surface area contributed by atoms with Gasteiger partial charge in [-0.2, -0.15) is 0 Å². The summed E-state index contributed by atoms with van der Waals surface area (Å²) in [6.07, 6.45) is 3.07. The normalized spacial score (nSPS) is 11.3. The van der Waals surface area contributed by atoms with Crippen LogP contribution in [0.2, 0.25) is 0 Å². The first kappa shape index (κ1) is 23.8. The predicted molar refractivity (Wildman–Crippen MR) is 138 cm³/mol. The van der Waals surface area contributed by atoms with Gasteiger partial charge in [0.1, 0.15) is 0 Å². The molecule has 5 aromatic rings. The van der Waals surface area contributed by atoms with Gasteiger partial charge in [-0.3, -0.25) is 14.1 Å². The van der Waals surface area contributed by atoms with E-state index < -0.39 is 10.0 Å². The van der Waals surface area contributed by atoms with Gasteiger partial charge in [0, 0.05) is 23.0 Å². The van der Waals surface area contributed by atoms with E-state index in [0.717, 1.165) is 5.69 Å². The molecule has 3 heterocycles. The largest absolute Gasteiger partial charge is 0.461 e. The summed E-state index contributed by atoms with van der Waals surface area (Å²) < 4.78 is 34.7. The maximum atomic E-state index is 12.6. The Kier molecular flexibility index (Phi) is 6.84. The highest BCUT2D eigenvalue weighted by Crippen LogP contribution is 2.28. The number of carbonyl (C=O) groups is 1. The first-order valence-corrected chi connectivity index (χ1v) is 13.8. The Labute approximate surface area is 214 Å². The van der Waals surface area contributed by atoms with Crippen LogP contribution in [0.5, 0.6) is 0 Å². The van der Waals surface area contributed by atoms with Gasteiger partial charge in [0.15, 0.2) is 16.0 Å². The topological polar surface area (TPSA) is 132 Å². The van der Waals surface area contributed by atoms with Crippen LogP contribution in [0.15, 0.2) is 99.0 Å². The molecule has 0 aliphatic heterocycles. The molecule has 0 bridgehead atoms. The maximum Gasteiger partial charge on any atom is 0.263 e. The van der Waals surface area contributed by atoms with Crippen LogP contribution in [0.1, 0.15) is 0 Å². The summed E-state index contributed by atoms with van der Waals surface area (Å²) >= 11 is 2.40. The number of sulfonamides is 1. The van der Waals surface area contributed by atoms with Crippen LogP contribution < -0.4 is 10.0 Å². The molecule has 0 spiro atoms. The molecule has 36 heavy (non-hydrogen) atoms. The number of aromatic nitrogens is 4. The lowest BCUT2D eigenvalue weighted by atomic mass is 10.3. The summed E-state index contributed by atoms with van der Waals surface area (Å²) in [4.78, 5) is 16.6. The van der Waals surface area contributed by atoms with Gasteiger partial charge in [0.2, 0.25) is 11.7 Å². The minimum atomic E-state index is -3.77. The van der Waals surface area contributed by atoms with E-state index in [9.17, 15) is 13.2 Å². The molecule has 13 heteroatoms. The van der Waals surface area contributed by atoms with Crippen molar-refractivity contribution >= 4 is 49.8 Å². The van der Waals surface area contributed by atoms with Crippen LogP contribution in [-0.2, 0) is 14.8 Å². The summed E-state index contributed by atoms with van der Waals surface area (Å²) in [5, 5.41) is 13.8. The number of benzene rings is 2. The van der Waals surface area contributed by atoms with Crippen molar-refractivity contribution in [3.8, 4) is 17.3 Å². The Hall–Kier alpha value is -3.94. The Morgan fingerprint density at radius 3 is 2.53 bits per heavy atom. The van der Waals surface area contributed by atoms with E-state index in [2.05, 4.69) is 25.2 Å². The van der Waals surface area contributed by atoms with E-state index in [1.165, 1.54) is 53.6 Å². The van der Waals surface area contributed by atoms with Gasteiger partial charge < -0.3 is 9.73 Å². The fraction of sp³-hybridized carbons (Fsp3) is 0.0435. The third-order valence-electron chi connectivity index (χ3n) is 4.82. The average molecular weight is 539 g/mol. The lowest BCUT2D eigenvalue weighted by molar-refractivity contribution is -0.113. The van der Waals surface area contributed by atoms with Crippen molar-refractivity contribution in [2.45, 2.75) is 10.1 Å². The second-order valence-electron chi connectivity index (χ2n) is 7.26. The average Bonchev–Trinajstić information content (AvgIpc) is 3.65. The Morgan fingerprint density at radius 2 is 1.83 bits per heavy atom. The Bertz CT molecular complexity index is 1550. The minimum absolute atomic E-state index is 0.0616. The van der Waals surface area contributed by atoms with Crippen molar-refractivity contribution < 1.29 is 17.6 Å². The van der Waals surface area contributed by atoms with Gasteiger partial charge in [0.25, 0.3) is 10.0 Å². The van der Waals surface area contributed by atoms with Gasteiger partial charge in [-0.25, -0.2) is 13.4 Å². The Morgan fingerprint density at radius 1 is 1.03 bits per heavy atom. The molecule has 3 aromatic heterocycles. The number of furan rings is 1. The van der Waals surface area contributed by atoms with Gasteiger partial charge in [-0.15, -0.1) is 21.5 Å². The van der Waals surface area contributed by atoms with Gasteiger partial charge >= 0.3 is 0 Å². The minimum Gasteiger partial charge on any atom is -0.461 e. The van der Waals surface area contributed by atoms with Crippen LogP contribution in [0.3, 0.4) is 0 Å². The summed E-state index contributed by atoms with van der Waals surface area (Å²) in [6.45, 7) is 0. The van der Waals surface area contributed by atoms with E-state index in [1.54, 1.807) is 23.8 Å². The summed E-state index contributed by atoms with van der Waals surface area (Å²) in [5.41, 5.74) is 1.30. The van der Waals surface area contributed by atoms with Crippen LogP contribution in [-0.4, -0.2) is 39.8 Å². The molecule has 0 aliphatic carbocycles. The number of nitrogens with zero attached hydrogens (tertiary/aromatic N) is 4. The lowest BCUT2D eigenvalue weighted by Gasteiger charge is -2.10. The third-order valence-corrected chi connectivity index (χ3v) is 7.93. The van der Waals surface area contributed by atoms with Crippen LogP contribution in [0, 0.1) is 0 Å². The van der Waals surface area contributed by atoms with Crippen molar-refractivity contribution in [1.82, 2.24) is 19.7 Å². The predicted octanol–water partition coefficient (Wildman–Crippen LogP) is 4.52. The SMILES string of the molecule is O=C(CSc1nnc(-c2ccco2)n1-c1ccccc1)Nc1ccc(S(=O)(=O)Nc2nccs2)cc1. The number of thioether (sulfide) groups is 1. The van der Waals surface area contributed by atoms with Gasteiger partial charge in [0.05, 0.1) is 16.9 Å². The van der Waals surface area contributed by atoms with Crippen molar-refractivity contribution in [3.63, 3.8) is 0 Å². The zero-order valence-electron chi connectivity index (χ0n) is 18.4. The fourth-order valence-electron chi connectivity index (χ4n) is 3.23. The number of hydrogen-bond acceptors (Lipinski definition) is 9. The number of thiazole rings is 1. The molecule has 0 atom stereocenters. The highest BCUT2D eigenvalue weighted by molar-refractivity contribution is 7.99. The van der Waals surface area contributed by atoms with E-state index in [1.807, 2.05) is 34.9 Å². The first-order valence-electron chi connectivity index (χ1n) is 10.5. The molecule has 1 amide bonds. The molecular formula is C23H18N6O4S3. The van der Waals surface area contributed by atoms with E-state index >= 15 is 0 Å². The van der Waals surface area contributed by atoms with Gasteiger partial charge in [-0.1, -0.05) is 30.0 Å². The van der Waals surface area contributed by atoms with Crippen molar-refractivity contribution in [2.24, 2.45) is 0 Å².